The highest BCUT2D eigenvalue weighted by atomic mass is 16.6. The third kappa shape index (κ3) is 6.68. The molecule has 1 atom stereocenters. The highest BCUT2D eigenvalue weighted by molar-refractivity contribution is 5.68. The van der Waals surface area contributed by atoms with E-state index in [1.807, 2.05) is 20.8 Å². The molecule has 1 unspecified atom stereocenters. The van der Waals surface area contributed by atoms with Crippen LogP contribution < -0.4 is 5.32 Å². The first-order valence-electron chi connectivity index (χ1n) is 5.91. The number of nitrogens with zero attached hydrogens (tertiary/aromatic N) is 3. The molecule has 6 heteroatoms. The van der Waals surface area contributed by atoms with Crippen molar-refractivity contribution in [3.63, 3.8) is 0 Å². The minimum Gasteiger partial charge on any atom is -0.444 e. The molecule has 1 rings (SSSR count). The molecule has 96 valence electrons. The molecule has 17 heavy (non-hydrogen) atoms. The van der Waals surface area contributed by atoms with E-state index in [2.05, 4.69) is 15.3 Å². The zero-order valence-electron chi connectivity index (χ0n) is 10.6. The Labute approximate surface area is 101 Å². The van der Waals surface area contributed by atoms with Gasteiger partial charge in [0.15, 0.2) is 0 Å². The third-order valence-electron chi connectivity index (χ3n) is 2.40. The van der Waals surface area contributed by atoms with Crippen LogP contribution in [0.2, 0.25) is 0 Å². The van der Waals surface area contributed by atoms with E-state index < -0.39 is 11.7 Å². The maximum absolute atomic E-state index is 11.6. The molecule has 0 spiro atoms. The molecule has 0 aromatic rings. The second-order valence-corrected chi connectivity index (χ2v) is 5.44. The zero-order valence-corrected chi connectivity index (χ0v) is 10.6. The van der Waals surface area contributed by atoms with E-state index in [1.165, 1.54) is 12.8 Å². The first-order chi connectivity index (χ1) is 7.90. The first kappa shape index (κ1) is 13.6. The fraction of sp³-hybridized carbons (Fsp3) is 0.909. The van der Waals surface area contributed by atoms with Crippen molar-refractivity contribution < 1.29 is 9.53 Å². The second kappa shape index (κ2) is 5.77. The van der Waals surface area contributed by atoms with Gasteiger partial charge in [0.05, 0.1) is 0 Å². The Balaban J connectivity index is 2.40. The normalized spacial score (nSPS) is 16.9. The Morgan fingerprint density at radius 2 is 2.24 bits per heavy atom. The Morgan fingerprint density at radius 3 is 2.71 bits per heavy atom. The van der Waals surface area contributed by atoms with Gasteiger partial charge in [-0.2, -0.15) is 0 Å². The smallest absolute Gasteiger partial charge is 0.407 e. The van der Waals surface area contributed by atoms with Crippen LogP contribution in [0.1, 0.15) is 40.0 Å². The van der Waals surface area contributed by atoms with Gasteiger partial charge >= 0.3 is 6.09 Å². The number of azide groups is 1. The number of alkyl carbamates (subject to hydrolysis) is 1. The number of ether oxygens (including phenoxy) is 1. The van der Waals surface area contributed by atoms with Gasteiger partial charge in [-0.25, -0.2) is 4.79 Å². The predicted molar refractivity (Wildman–Crippen MR) is 64.5 cm³/mol. The van der Waals surface area contributed by atoms with Crippen molar-refractivity contribution in [2.75, 3.05) is 6.54 Å². The maximum Gasteiger partial charge on any atom is 0.407 e. The van der Waals surface area contributed by atoms with Crippen LogP contribution in [0.25, 0.3) is 10.4 Å². The van der Waals surface area contributed by atoms with Crippen LogP contribution in [-0.4, -0.2) is 24.3 Å². The van der Waals surface area contributed by atoms with Crippen LogP contribution in [0.4, 0.5) is 4.79 Å². The maximum atomic E-state index is 11.6. The minimum absolute atomic E-state index is 0.117. The first-order valence-corrected chi connectivity index (χ1v) is 5.91. The van der Waals surface area contributed by atoms with Gasteiger partial charge in [0.1, 0.15) is 5.60 Å². The number of rotatable bonds is 5. The second-order valence-electron chi connectivity index (χ2n) is 5.44. The van der Waals surface area contributed by atoms with Crippen LogP contribution in [0.5, 0.6) is 0 Å². The van der Waals surface area contributed by atoms with Gasteiger partial charge in [-0.15, -0.1) is 0 Å². The van der Waals surface area contributed by atoms with Crippen molar-refractivity contribution in [3.8, 4) is 0 Å². The van der Waals surface area contributed by atoms with Crippen LogP contribution in [-0.2, 0) is 4.74 Å². The van der Waals surface area contributed by atoms with E-state index in [0.29, 0.717) is 5.92 Å². The summed E-state index contributed by atoms with van der Waals surface area (Å²) in [5.74, 6) is 0.656. The molecule has 0 radical (unpaired) electrons. The molecular weight excluding hydrogens is 220 g/mol. The summed E-state index contributed by atoms with van der Waals surface area (Å²) in [6, 6.07) is -0.117. The van der Waals surface area contributed by atoms with Gasteiger partial charge in [-0.1, -0.05) is 18.0 Å². The van der Waals surface area contributed by atoms with Crippen LogP contribution in [0.15, 0.2) is 5.11 Å². The molecule has 0 aliphatic heterocycles. The van der Waals surface area contributed by atoms with Crippen molar-refractivity contribution in [1.82, 2.24) is 5.32 Å². The number of hydrogen-bond acceptors (Lipinski definition) is 3. The molecule has 1 amide bonds. The predicted octanol–water partition coefficient (Wildman–Crippen LogP) is 2.99. The Kier molecular flexibility index (Phi) is 4.63. The number of nitrogens with one attached hydrogen (secondary N) is 1. The van der Waals surface area contributed by atoms with Gasteiger partial charge in [0, 0.05) is 17.5 Å². The van der Waals surface area contributed by atoms with Crippen LogP contribution in [0.3, 0.4) is 0 Å². The van der Waals surface area contributed by atoms with Gasteiger partial charge in [-0.3, -0.25) is 0 Å². The Hall–Kier alpha value is -1.42. The van der Waals surface area contributed by atoms with Crippen LogP contribution >= 0.6 is 0 Å². The van der Waals surface area contributed by atoms with E-state index in [-0.39, 0.29) is 12.6 Å². The summed E-state index contributed by atoms with van der Waals surface area (Å²) < 4.78 is 5.17. The lowest BCUT2D eigenvalue weighted by Gasteiger charge is -2.22. The molecule has 1 aliphatic rings. The number of amides is 1. The summed E-state index contributed by atoms with van der Waals surface area (Å²) in [5.41, 5.74) is 7.79. The minimum atomic E-state index is -0.507. The molecule has 0 aromatic carbocycles. The van der Waals surface area contributed by atoms with Gasteiger partial charge in [0.25, 0.3) is 0 Å². The van der Waals surface area contributed by atoms with Crippen LogP contribution in [0, 0.1) is 5.92 Å². The monoisotopic (exact) mass is 240 g/mol. The van der Waals surface area contributed by atoms with Gasteiger partial charge in [-0.05, 0) is 38.6 Å². The molecule has 0 bridgehead atoms. The Bertz CT molecular complexity index is 314. The highest BCUT2D eigenvalue weighted by Gasteiger charge is 2.27. The fourth-order valence-electron chi connectivity index (χ4n) is 1.54. The van der Waals surface area contributed by atoms with E-state index in [1.54, 1.807) is 0 Å². The molecule has 0 aromatic heterocycles. The SMILES string of the molecule is CC(C)(C)OC(=O)NC(CN=[N+]=[N-])CC1CC1. The average Bonchev–Trinajstić information content (AvgIpc) is 2.94. The van der Waals surface area contributed by atoms with Gasteiger partial charge in [0.2, 0.25) is 0 Å². The largest absolute Gasteiger partial charge is 0.444 e. The molecular formula is C11H20N4O2. The summed E-state index contributed by atoms with van der Waals surface area (Å²) in [4.78, 5) is 14.3. The lowest BCUT2D eigenvalue weighted by atomic mass is 10.1. The number of carbonyl (C=O) groups is 1. The molecule has 1 N–H and O–H groups in total. The van der Waals surface area contributed by atoms with Gasteiger partial charge < -0.3 is 10.1 Å². The highest BCUT2D eigenvalue weighted by Crippen LogP contribution is 2.33. The molecule has 0 heterocycles. The third-order valence-corrected chi connectivity index (χ3v) is 2.40. The van der Waals surface area contributed by atoms with E-state index in [9.17, 15) is 4.79 Å². The summed E-state index contributed by atoms with van der Waals surface area (Å²) in [6.07, 6.45) is 2.81. The summed E-state index contributed by atoms with van der Waals surface area (Å²) in [5, 5.41) is 6.27. The number of carbonyl (C=O) groups excluding carboxylic acids is 1. The number of hydrogen-bond donors (Lipinski definition) is 1. The summed E-state index contributed by atoms with van der Waals surface area (Å²) in [6.45, 7) is 5.73. The van der Waals surface area contributed by atoms with E-state index in [4.69, 9.17) is 10.3 Å². The summed E-state index contributed by atoms with van der Waals surface area (Å²) in [7, 11) is 0. The van der Waals surface area contributed by atoms with E-state index in [0.717, 1.165) is 6.42 Å². The molecule has 6 nitrogen and oxygen atoms in total. The fourth-order valence-corrected chi connectivity index (χ4v) is 1.54. The van der Waals surface area contributed by atoms with Crippen molar-refractivity contribution in [2.45, 2.75) is 51.7 Å². The lowest BCUT2D eigenvalue weighted by Crippen LogP contribution is -2.40. The topological polar surface area (TPSA) is 87.1 Å². The zero-order chi connectivity index (χ0) is 12.9. The summed E-state index contributed by atoms with van der Waals surface area (Å²) >= 11 is 0. The molecule has 1 aliphatic carbocycles. The Morgan fingerprint density at radius 1 is 1.59 bits per heavy atom. The standard InChI is InChI=1S/C11H20N4O2/c1-11(2,3)17-10(16)14-9(7-13-15-12)6-8-4-5-8/h8-9H,4-7H2,1-3H3,(H,14,16). The lowest BCUT2D eigenvalue weighted by molar-refractivity contribution is 0.0502. The van der Waals surface area contributed by atoms with E-state index >= 15 is 0 Å². The molecule has 1 fully saturated rings. The van der Waals surface area contributed by atoms with Crippen molar-refractivity contribution >= 4 is 6.09 Å². The molecule has 1 saturated carbocycles. The van der Waals surface area contributed by atoms with Crippen molar-refractivity contribution in [2.24, 2.45) is 11.0 Å². The molecule has 0 saturated heterocycles. The quantitative estimate of drug-likeness (QED) is 0.455. The van der Waals surface area contributed by atoms with Crippen molar-refractivity contribution in [3.05, 3.63) is 10.4 Å². The van der Waals surface area contributed by atoms with Crippen molar-refractivity contribution in [1.29, 1.82) is 0 Å². The average molecular weight is 240 g/mol.